The third-order valence-electron chi connectivity index (χ3n) is 2.52. The Hall–Kier alpha value is -2.06. The minimum absolute atomic E-state index is 0.115. The summed E-state index contributed by atoms with van der Waals surface area (Å²) in [4.78, 5) is 0. The lowest BCUT2D eigenvalue weighted by Gasteiger charge is -2.13. The fourth-order valence-electron chi connectivity index (χ4n) is 1.53. The van der Waals surface area contributed by atoms with Crippen molar-refractivity contribution in [2.24, 2.45) is 10.9 Å². The van der Waals surface area contributed by atoms with Crippen LogP contribution in [0.15, 0.2) is 23.4 Å². The summed E-state index contributed by atoms with van der Waals surface area (Å²) in [5.41, 5.74) is 6.62. The molecule has 4 N–H and O–H groups in total. The number of hydrogen-bond acceptors (Lipinski definition) is 3. The van der Waals surface area contributed by atoms with Crippen molar-refractivity contribution in [2.75, 3.05) is 0 Å². The minimum atomic E-state index is -0.433. The van der Waals surface area contributed by atoms with Crippen LogP contribution in [0.5, 0.6) is 0 Å². The van der Waals surface area contributed by atoms with Crippen molar-refractivity contribution in [1.82, 2.24) is 5.32 Å². The fraction of sp³-hybridized carbons (Fsp3) is 0.308. The maximum atomic E-state index is 13.1. The van der Waals surface area contributed by atoms with E-state index in [-0.39, 0.29) is 11.9 Å². The first-order valence-electron chi connectivity index (χ1n) is 5.51. The number of hydrogen-bond donors (Lipinski definition) is 3. The van der Waals surface area contributed by atoms with E-state index in [4.69, 9.17) is 17.4 Å². The van der Waals surface area contributed by atoms with E-state index in [1.165, 1.54) is 12.1 Å². The molecule has 0 saturated heterocycles. The van der Waals surface area contributed by atoms with Crippen LogP contribution in [0.1, 0.15) is 24.5 Å². The first-order chi connectivity index (χ1) is 8.58. The summed E-state index contributed by atoms with van der Waals surface area (Å²) in [7, 11) is 0. The predicted octanol–water partition coefficient (Wildman–Crippen LogP) is 1.42. The zero-order valence-corrected chi connectivity index (χ0v) is 10.2. The monoisotopic (exact) mass is 249 g/mol. The molecule has 96 valence electrons. The molecule has 0 radical (unpaired) electrons. The van der Waals surface area contributed by atoms with Gasteiger partial charge in [-0.1, -0.05) is 11.2 Å². The molecule has 0 heterocycles. The highest BCUT2D eigenvalue weighted by atomic mass is 19.1. The molecular weight excluding hydrogens is 233 g/mol. The second kappa shape index (κ2) is 6.62. The van der Waals surface area contributed by atoms with Crippen molar-refractivity contribution >= 4 is 5.84 Å². The van der Waals surface area contributed by atoms with Crippen molar-refractivity contribution in [1.29, 1.82) is 0 Å². The zero-order valence-electron chi connectivity index (χ0n) is 10.2. The SMILES string of the molecule is C#CCC(C)NCc1ccc(F)cc1/C(N)=N/O. The number of nitrogens with two attached hydrogens (primary N) is 1. The number of nitrogens with zero attached hydrogens (tertiary/aromatic N) is 1. The number of oxime groups is 1. The standard InChI is InChI=1S/C13H16FN3O/c1-3-4-9(2)16-8-10-5-6-11(14)7-12(10)13(15)17-18/h1,5-7,9,16,18H,4,8H2,2H3,(H2,15,17). The van der Waals surface area contributed by atoms with Crippen LogP contribution in [0.3, 0.4) is 0 Å². The normalized spacial score (nSPS) is 13.1. The molecule has 1 rings (SSSR count). The van der Waals surface area contributed by atoms with Gasteiger partial charge < -0.3 is 16.3 Å². The summed E-state index contributed by atoms with van der Waals surface area (Å²) >= 11 is 0. The summed E-state index contributed by atoms with van der Waals surface area (Å²) < 4.78 is 13.1. The molecule has 0 aliphatic carbocycles. The molecule has 1 aromatic carbocycles. The highest BCUT2D eigenvalue weighted by Crippen LogP contribution is 2.11. The zero-order chi connectivity index (χ0) is 13.5. The molecule has 1 unspecified atom stereocenters. The first-order valence-corrected chi connectivity index (χ1v) is 5.51. The fourth-order valence-corrected chi connectivity index (χ4v) is 1.53. The minimum Gasteiger partial charge on any atom is -0.409 e. The highest BCUT2D eigenvalue weighted by molar-refractivity contribution is 5.98. The number of amidine groups is 1. The van der Waals surface area contributed by atoms with Gasteiger partial charge >= 0.3 is 0 Å². The van der Waals surface area contributed by atoms with Gasteiger partial charge in [-0.05, 0) is 24.6 Å². The van der Waals surface area contributed by atoms with E-state index < -0.39 is 5.82 Å². The molecule has 1 aromatic rings. The topological polar surface area (TPSA) is 70.6 Å². The van der Waals surface area contributed by atoms with E-state index in [2.05, 4.69) is 16.4 Å². The van der Waals surface area contributed by atoms with E-state index in [0.717, 1.165) is 5.56 Å². The molecule has 5 heteroatoms. The molecule has 1 atom stereocenters. The van der Waals surface area contributed by atoms with Gasteiger partial charge in [0.1, 0.15) is 5.82 Å². The van der Waals surface area contributed by atoms with E-state index >= 15 is 0 Å². The van der Waals surface area contributed by atoms with Gasteiger partial charge in [-0.15, -0.1) is 12.3 Å². The number of nitrogens with one attached hydrogen (secondary N) is 1. The van der Waals surface area contributed by atoms with Crippen LogP contribution >= 0.6 is 0 Å². The van der Waals surface area contributed by atoms with E-state index in [1.807, 2.05) is 6.92 Å². The Balaban J connectivity index is 2.86. The maximum Gasteiger partial charge on any atom is 0.170 e. The average Bonchev–Trinajstić information content (AvgIpc) is 2.36. The van der Waals surface area contributed by atoms with Crippen LogP contribution in [-0.2, 0) is 6.54 Å². The number of halogens is 1. The quantitative estimate of drug-likeness (QED) is 0.243. The van der Waals surface area contributed by atoms with Gasteiger partial charge in [0, 0.05) is 24.6 Å². The molecule has 4 nitrogen and oxygen atoms in total. The van der Waals surface area contributed by atoms with Gasteiger partial charge in [0.15, 0.2) is 5.84 Å². The van der Waals surface area contributed by atoms with E-state index in [1.54, 1.807) is 6.07 Å². The Morgan fingerprint density at radius 2 is 2.39 bits per heavy atom. The van der Waals surface area contributed by atoms with Crippen molar-refractivity contribution in [2.45, 2.75) is 25.9 Å². The predicted molar refractivity (Wildman–Crippen MR) is 68.7 cm³/mol. The lowest BCUT2D eigenvalue weighted by atomic mass is 10.1. The van der Waals surface area contributed by atoms with Crippen molar-refractivity contribution in [3.63, 3.8) is 0 Å². The largest absolute Gasteiger partial charge is 0.409 e. The van der Waals surface area contributed by atoms with Gasteiger partial charge in [-0.3, -0.25) is 0 Å². The lowest BCUT2D eigenvalue weighted by Crippen LogP contribution is -2.27. The third-order valence-corrected chi connectivity index (χ3v) is 2.52. The Bertz CT molecular complexity index is 480. The van der Waals surface area contributed by atoms with Crippen molar-refractivity contribution in [3.05, 3.63) is 35.1 Å². The van der Waals surface area contributed by atoms with Crippen LogP contribution in [0.25, 0.3) is 0 Å². The van der Waals surface area contributed by atoms with Gasteiger partial charge in [0.25, 0.3) is 0 Å². The van der Waals surface area contributed by atoms with Crippen molar-refractivity contribution in [3.8, 4) is 12.3 Å². The second-order valence-electron chi connectivity index (χ2n) is 3.98. The highest BCUT2D eigenvalue weighted by Gasteiger charge is 2.09. The number of benzene rings is 1. The molecule has 0 spiro atoms. The Morgan fingerprint density at radius 1 is 1.67 bits per heavy atom. The second-order valence-corrected chi connectivity index (χ2v) is 3.98. The van der Waals surface area contributed by atoms with Crippen LogP contribution < -0.4 is 11.1 Å². The summed E-state index contributed by atoms with van der Waals surface area (Å²) in [6.07, 6.45) is 5.80. The van der Waals surface area contributed by atoms with Gasteiger partial charge in [0.2, 0.25) is 0 Å². The van der Waals surface area contributed by atoms with Gasteiger partial charge in [-0.25, -0.2) is 4.39 Å². The maximum absolute atomic E-state index is 13.1. The number of rotatable bonds is 5. The van der Waals surface area contributed by atoms with Gasteiger partial charge in [0.05, 0.1) is 0 Å². The summed E-state index contributed by atoms with van der Waals surface area (Å²) in [5, 5.41) is 14.7. The van der Waals surface area contributed by atoms with Crippen LogP contribution in [0, 0.1) is 18.2 Å². The van der Waals surface area contributed by atoms with Gasteiger partial charge in [-0.2, -0.15) is 0 Å². The summed E-state index contributed by atoms with van der Waals surface area (Å²) in [5.74, 6) is 2.00. The molecule has 0 fully saturated rings. The van der Waals surface area contributed by atoms with Crippen LogP contribution in [-0.4, -0.2) is 17.1 Å². The first kappa shape index (κ1) is 14.0. The average molecular weight is 249 g/mol. The summed E-state index contributed by atoms with van der Waals surface area (Å²) in [6, 6.07) is 4.30. The smallest absolute Gasteiger partial charge is 0.170 e. The Kier molecular flexibility index (Phi) is 5.15. The third kappa shape index (κ3) is 3.75. The summed E-state index contributed by atoms with van der Waals surface area (Å²) in [6.45, 7) is 2.42. The van der Waals surface area contributed by atoms with Crippen LogP contribution in [0.4, 0.5) is 4.39 Å². The molecule has 0 aliphatic heterocycles. The number of terminal acetylenes is 1. The molecular formula is C13H16FN3O. The van der Waals surface area contributed by atoms with E-state index in [9.17, 15) is 4.39 Å². The molecule has 0 aromatic heterocycles. The molecule has 0 amide bonds. The lowest BCUT2D eigenvalue weighted by molar-refractivity contribution is 0.318. The Morgan fingerprint density at radius 3 is 3.00 bits per heavy atom. The molecule has 0 bridgehead atoms. The van der Waals surface area contributed by atoms with Crippen molar-refractivity contribution < 1.29 is 9.60 Å². The Labute approximate surface area is 106 Å². The molecule has 18 heavy (non-hydrogen) atoms. The van der Waals surface area contributed by atoms with Crippen LogP contribution in [0.2, 0.25) is 0 Å². The van der Waals surface area contributed by atoms with E-state index in [0.29, 0.717) is 18.5 Å². The molecule has 0 aliphatic rings. The molecule has 0 saturated carbocycles.